The zero-order valence-electron chi connectivity index (χ0n) is 8.49. The number of anilines is 1. The van der Waals surface area contributed by atoms with Crippen LogP contribution in [0.1, 0.15) is 5.69 Å². The molecule has 0 radical (unpaired) electrons. The summed E-state index contributed by atoms with van der Waals surface area (Å²) in [4.78, 5) is 0. The van der Waals surface area contributed by atoms with Crippen molar-refractivity contribution >= 4 is 5.69 Å². The van der Waals surface area contributed by atoms with Crippen LogP contribution in [-0.4, -0.2) is 11.6 Å². The van der Waals surface area contributed by atoms with E-state index in [2.05, 4.69) is 59.4 Å². The predicted octanol–water partition coefficient (Wildman–Crippen LogP) is 2.83. The van der Waals surface area contributed by atoms with E-state index in [-0.39, 0.29) is 0 Å². The lowest BCUT2D eigenvalue weighted by atomic mass is 10.2. The van der Waals surface area contributed by atoms with Gasteiger partial charge in [0.2, 0.25) is 0 Å². The maximum Gasteiger partial charge on any atom is 0.0453 e. The lowest BCUT2D eigenvalue weighted by Gasteiger charge is -2.07. The van der Waals surface area contributed by atoms with E-state index in [0.29, 0.717) is 0 Å². The normalized spacial score (nSPS) is 10.1. The molecule has 0 aliphatic heterocycles. The Morgan fingerprint density at radius 3 is 2.29 bits per heavy atom. The molecule has 72 valence electrons. The molecule has 0 unspecified atom stereocenters. The van der Waals surface area contributed by atoms with Crippen LogP contribution in [0.2, 0.25) is 0 Å². The molecule has 1 aromatic heterocycles. The molecule has 2 nitrogen and oxygen atoms in total. The summed E-state index contributed by atoms with van der Waals surface area (Å²) in [5, 5.41) is 3.10. The number of hydrogen-bond acceptors (Lipinski definition) is 1. The summed E-state index contributed by atoms with van der Waals surface area (Å²) < 4.78 is 2.17. The molecule has 0 spiro atoms. The second-order valence-electron chi connectivity index (χ2n) is 3.32. The Labute approximate surface area is 84.2 Å². The molecule has 0 saturated carbocycles. The highest BCUT2D eigenvalue weighted by Crippen LogP contribution is 2.14. The molecule has 1 N–H and O–H groups in total. The van der Waals surface area contributed by atoms with Crippen LogP contribution in [0.25, 0.3) is 5.69 Å². The maximum atomic E-state index is 3.10. The number of nitrogens with zero attached hydrogens (tertiary/aromatic N) is 1. The Balaban J connectivity index is 2.39. The van der Waals surface area contributed by atoms with Gasteiger partial charge in [-0.1, -0.05) is 0 Å². The van der Waals surface area contributed by atoms with Gasteiger partial charge in [0, 0.05) is 30.3 Å². The van der Waals surface area contributed by atoms with Crippen LogP contribution >= 0.6 is 0 Å². The zero-order valence-corrected chi connectivity index (χ0v) is 8.49. The lowest BCUT2D eigenvalue weighted by molar-refractivity contribution is 1.02. The molecular weight excluding hydrogens is 172 g/mol. The largest absolute Gasteiger partial charge is 0.388 e. The molecular formula is C12H14N2. The number of hydrogen-bond donors (Lipinski definition) is 1. The molecule has 2 rings (SSSR count). The lowest BCUT2D eigenvalue weighted by Crippen LogP contribution is -1.94. The minimum absolute atomic E-state index is 1.14. The third-order valence-corrected chi connectivity index (χ3v) is 2.39. The van der Waals surface area contributed by atoms with E-state index in [1.807, 2.05) is 7.05 Å². The van der Waals surface area contributed by atoms with Gasteiger partial charge in [-0.2, -0.15) is 0 Å². The van der Waals surface area contributed by atoms with Crippen molar-refractivity contribution < 1.29 is 0 Å². The van der Waals surface area contributed by atoms with Crippen molar-refractivity contribution in [3.05, 3.63) is 48.3 Å². The first-order valence-corrected chi connectivity index (χ1v) is 4.73. The Hall–Kier alpha value is -1.70. The summed E-state index contributed by atoms with van der Waals surface area (Å²) in [6.07, 6.45) is 2.07. The average Bonchev–Trinajstić information content (AvgIpc) is 2.65. The quantitative estimate of drug-likeness (QED) is 0.763. The van der Waals surface area contributed by atoms with Crippen molar-refractivity contribution in [2.75, 3.05) is 12.4 Å². The van der Waals surface area contributed by atoms with E-state index < -0.39 is 0 Å². The Kier molecular flexibility index (Phi) is 2.27. The maximum absolute atomic E-state index is 3.10. The fourth-order valence-electron chi connectivity index (χ4n) is 1.54. The van der Waals surface area contributed by atoms with Crippen molar-refractivity contribution in [2.45, 2.75) is 6.92 Å². The van der Waals surface area contributed by atoms with Gasteiger partial charge in [0.25, 0.3) is 0 Å². The van der Waals surface area contributed by atoms with E-state index in [1.54, 1.807) is 0 Å². The Morgan fingerprint density at radius 1 is 1.07 bits per heavy atom. The molecule has 1 heterocycles. The van der Waals surface area contributed by atoms with Crippen LogP contribution in [0.4, 0.5) is 5.69 Å². The van der Waals surface area contributed by atoms with Gasteiger partial charge in [-0.05, 0) is 43.3 Å². The van der Waals surface area contributed by atoms with Crippen LogP contribution in [0.15, 0.2) is 42.6 Å². The standard InChI is InChI=1S/C12H14N2/c1-10-4-3-9-14(10)12-7-5-11(13-2)6-8-12/h3-9,13H,1-2H3. The van der Waals surface area contributed by atoms with Gasteiger partial charge >= 0.3 is 0 Å². The monoisotopic (exact) mass is 186 g/mol. The minimum Gasteiger partial charge on any atom is -0.388 e. The first kappa shape index (κ1) is 8.88. The molecule has 0 fully saturated rings. The smallest absolute Gasteiger partial charge is 0.0453 e. The van der Waals surface area contributed by atoms with Crippen molar-refractivity contribution in [1.29, 1.82) is 0 Å². The van der Waals surface area contributed by atoms with Gasteiger partial charge in [0.05, 0.1) is 0 Å². The van der Waals surface area contributed by atoms with Gasteiger partial charge in [-0.3, -0.25) is 0 Å². The van der Waals surface area contributed by atoms with E-state index in [1.165, 1.54) is 11.4 Å². The summed E-state index contributed by atoms with van der Waals surface area (Å²) >= 11 is 0. The topological polar surface area (TPSA) is 17.0 Å². The SMILES string of the molecule is CNc1ccc(-n2cccc2C)cc1. The van der Waals surface area contributed by atoms with Crippen LogP contribution < -0.4 is 5.32 Å². The van der Waals surface area contributed by atoms with Gasteiger partial charge in [0.1, 0.15) is 0 Å². The highest BCUT2D eigenvalue weighted by Gasteiger charge is 1.97. The van der Waals surface area contributed by atoms with Gasteiger partial charge in [0.15, 0.2) is 0 Å². The molecule has 0 amide bonds. The number of aromatic nitrogens is 1. The molecule has 0 atom stereocenters. The van der Waals surface area contributed by atoms with E-state index >= 15 is 0 Å². The van der Waals surface area contributed by atoms with Crippen molar-refractivity contribution in [3.63, 3.8) is 0 Å². The van der Waals surface area contributed by atoms with Gasteiger partial charge in [-0.25, -0.2) is 0 Å². The second kappa shape index (κ2) is 3.58. The van der Waals surface area contributed by atoms with Crippen LogP contribution in [0.5, 0.6) is 0 Å². The molecule has 0 bridgehead atoms. The average molecular weight is 186 g/mol. The number of benzene rings is 1. The van der Waals surface area contributed by atoms with Crippen molar-refractivity contribution in [3.8, 4) is 5.69 Å². The Morgan fingerprint density at radius 2 is 1.79 bits per heavy atom. The van der Waals surface area contributed by atoms with E-state index in [4.69, 9.17) is 0 Å². The zero-order chi connectivity index (χ0) is 9.97. The van der Waals surface area contributed by atoms with Crippen molar-refractivity contribution in [1.82, 2.24) is 4.57 Å². The molecule has 1 aromatic carbocycles. The Bertz CT molecular complexity index is 412. The highest BCUT2D eigenvalue weighted by molar-refractivity contribution is 5.48. The van der Waals surface area contributed by atoms with Gasteiger partial charge < -0.3 is 9.88 Å². The summed E-state index contributed by atoms with van der Waals surface area (Å²) in [6.45, 7) is 2.10. The fraction of sp³-hybridized carbons (Fsp3) is 0.167. The summed E-state index contributed by atoms with van der Waals surface area (Å²) in [5.74, 6) is 0. The molecule has 14 heavy (non-hydrogen) atoms. The summed E-state index contributed by atoms with van der Waals surface area (Å²) in [7, 11) is 1.93. The second-order valence-corrected chi connectivity index (χ2v) is 3.32. The summed E-state index contributed by atoms with van der Waals surface area (Å²) in [6, 6.07) is 12.5. The van der Waals surface area contributed by atoms with E-state index in [9.17, 15) is 0 Å². The first-order valence-electron chi connectivity index (χ1n) is 4.73. The first-order chi connectivity index (χ1) is 6.81. The fourth-order valence-corrected chi connectivity index (χ4v) is 1.54. The molecule has 0 aliphatic carbocycles. The van der Waals surface area contributed by atoms with Gasteiger partial charge in [-0.15, -0.1) is 0 Å². The third-order valence-electron chi connectivity index (χ3n) is 2.39. The molecule has 0 saturated heterocycles. The molecule has 0 aliphatic rings. The number of nitrogens with one attached hydrogen (secondary N) is 1. The highest BCUT2D eigenvalue weighted by atomic mass is 15.0. The summed E-state index contributed by atoms with van der Waals surface area (Å²) in [5.41, 5.74) is 3.59. The van der Waals surface area contributed by atoms with Crippen LogP contribution in [0, 0.1) is 6.92 Å². The number of aryl methyl sites for hydroxylation is 1. The van der Waals surface area contributed by atoms with Crippen LogP contribution in [-0.2, 0) is 0 Å². The third kappa shape index (κ3) is 1.51. The number of rotatable bonds is 2. The van der Waals surface area contributed by atoms with Crippen LogP contribution in [0.3, 0.4) is 0 Å². The predicted molar refractivity (Wildman–Crippen MR) is 60.1 cm³/mol. The molecule has 2 heteroatoms. The van der Waals surface area contributed by atoms with E-state index in [0.717, 1.165) is 5.69 Å². The molecule has 2 aromatic rings. The minimum atomic E-state index is 1.14. The van der Waals surface area contributed by atoms with Crippen molar-refractivity contribution in [2.24, 2.45) is 0 Å².